The zero-order valence-electron chi connectivity index (χ0n) is 9.76. The number of rotatable bonds is 1. The molecule has 0 spiro atoms. The summed E-state index contributed by atoms with van der Waals surface area (Å²) in [6, 6.07) is 6.38. The Balaban J connectivity index is 2.36. The fraction of sp³-hybridized carbons (Fsp3) is 0.538. The second-order valence-electron chi connectivity index (χ2n) is 5.08. The summed E-state index contributed by atoms with van der Waals surface area (Å²) in [7, 11) is 1.72. The van der Waals surface area contributed by atoms with E-state index in [1.165, 1.54) is 11.1 Å². The van der Waals surface area contributed by atoms with E-state index >= 15 is 0 Å². The van der Waals surface area contributed by atoms with Crippen LogP contribution in [0.4, 0.5) is 0 Å². The van der Waals surface area contributed by atoms with Gasteiger partial charge in [0.25, 0.3) is 0 Å². The van der Waals surface area contributed by atoms with Crippen LogP contribution in [0.1, 0.15) is 25.0 Å². The van der Waals surface area contributed by atoms with Crippen molar-refractivity contribution >= 4 is 0 Å². The number of hydrogen-bond donors (Lipinski definition) is 1. The molecule has 15 heavy (non-hydrogen) atoms. The molecule has 2 rings (SSSR count). The van der Waals surface area contributed by atoms with Crippen LogP contribution in [0.5, 0.6) is 5.75 Å². The van der Waals surface area contributed by atoms with Gasteiger partial charge in [0.1, 0.15) is 5.75 Å². The average molecular weight is 205 g/mol. The summed E-state index contributed by atoms with van der Waals surface area (Å²) in [6.45, 7) is 6.65. The molecule has 0 saturated carbocycles. The van der Waals surface area contributed by atoms with Crippen LogP contribution in [0.3, 0.4) is 0 Å². The maximum atomic E-state index is 5.27. The summed E-state index contributed by atoms with van der Waals surface area (Å²) in [4.78, 5) is 0. The van der Waals surface area contributed by atoms with E-state index in [1.54, 1.807) is 7.11 Å². The molecule has 0 fully saturated rings. The van der Waals surface area contributed by atoms with Crippen molar-refractivity contribution in [2.24, 2.45) is 5.41 Å². The van der Waals surface area contributed by atoms with Gasteiger partial charge in [0.15, 0.2) is 0 Å². The number of hydrogen-bond acceptors (Lipinski definition) is 2. The third kappa shape index (κ3) is 2.32. The molecule has 1 aromatic carbocycles. The highest BCUT2D eigenvalue weighted by Crippen LogP contribution is 2.28. The van der Waals surface area contributed by atoms with Crippen molar-refractivity contribution in [2.45, 2.75) is 26.8 Å². The largest absolute Gasteiger partial charge is 0.497 e. The van der Waals surface area contributed by atoms with E-state index in [9.17, 15) is 0 Å². The smallest absolute Gasteiger partial charge is 0.119 e. The van der Waals surface area contributed by atoms with Crippen LogP contribution in [0.25, 0.3) is 0 Å². The second kappa shape index (κ2) is 3.86. The Morgan fingerprint density at radius 3 is 2.80 bits per heavy atom. The zero-order chi connectivity index (χ0) is 10.9. The van der Waals surface area contributed by atoms with Crippen LogP contribution in [-0.2, 0) is 13.0 Å². The van der Waals surface area contributed by atoms with Crippen LogP contribution in [0.15, 0.2) is 18.2 Å². The van der Waals surface area contributed by atoms with Crippen molar-refractivity contribution in [2.75, 3.05) is 13.7 Å². The summed E-state index contributed by atoms with van der Waals surface area (Å²) in [5, 5.41) is 3.49. The summed E-state index contributed by atoms with van der Waals surface area (Å²) >= 11 is 0. The first kappa shape index (κ1) is 10.5. The normalized spacial score (nSPS) is 19.1. The molecule has 1 N–H and O–H groups in total. The van der Waals surface area contributed by atoms with Gasteiger partial charge in [-0.3, -0.25) is 0 Å². The van der Waals surface area contributed by atoms with Gasteiger partial charge in [-0.05, 0) is 35.1 Å². The predicted octanol–water partition coefficient (Wildman–Crippen LogP) is 2.37. The molecule has 0 aromatic heterocycles. The minimum Gasteiger partial charge on any atom is -0.497 e. The molecule has 1 aromatic rings. The van der Waals surface area contributed by atoms with Gasteiger partial charge in [-0.2, -0.15) is 0 Å². The minimum atomic E-state index is 0.331. The lowest BCUT2D eigenvalue weighted by molar-refractivity contribution is 0.349. The third-order valence-electron chi connectivity index (χ3n) is 3.00. The molecular weight excluding hydrogens is 186 g/mol. The van der Waals surface area contributed by atoms with E-state index in [0.29, 0.717) is 5.41 Å². The van der Waals surface area contributed by atoms with E-state index < -0.39 is 0 Å². The molecule has 0 aliphatic carbocycles. The molecule has 0 saturated heterocycles. The van der Waals surface area contributed by atoms with Crippen molar-refractivity contribution < 1.29 is 4.74 Å². The van der Waals surface area contributed by atoms with Crippen molar-refractivity contribution in [1.82, 2.24) is 5.32 Å². The maximum absolute atomic E-state index is 5.27. The van der Waals surface area contributed by atoms with Crippen molar-refractivity contribution in [3.63, 3.8) is 0 Å². The molecule has 0 atom stereocenters. The van der Waals surface area contributed by atoms with Gasteiger partial charge in [-0.25, -0.2) is 0 Å². The van der Waals surface area contributed by atoms with Gasteiger partial charge >= 0.3 is 0 Å². The van der Waals surface area contributed by atoms with Gasteiger partial charge in [0.05, 0.1) is 7.11 Å². The quantitative estimate of drug-likeness (QED) is 0.760. The van der Waals surface area contributed by atoms with E-state index in [1.807, 2.05) is 6.07 Å². The fourth-order valence-corrected chi connectivity index (χ4v) is 2.18. The molecule has 2 nitrogen and oxygen atoms in total. The zero-order valence-corrected chi connectivity index (χ0v) is 9.76. The molecule has 1 aliphatic heterocycles. The van der Waals surface area contributed by atoms with Gasteiger partial charge in [0, 0.05) is 13.1 Å². The average Bonchev–Trinajstić information content (AvgIpc) is 2.33. The minimum absolute atomic E-state index is 0.331. The number of nitrogens with one attached hydrogen (secondary N) is 1. The van der Waals surface area contributed by atoms with Crippen LogP contribution in [0, 0.1) is 5.41 Å². The number of benzene rings is 1. The van der Waals surface area contributed by atoms with E-state index in [4.69, 9.17) is 4.74 Å². The molecule has 0 radical (unpaired) electrons. The molecular formula is C13H19NO. The van der Waals surface area contributed by atoms with Crippen molar-refractivity contribution in [3.05, 3.63) is 29.3 Å². The van der Waals surface area contributed by atoms with Crippen molar-refractivity contribution in [3.8, 4) is 5.75 Å². The van der Waals surface area contributed by atoms with E-state index in [-0.39, 0.29) is 0 Å². The van der Waals surface area contributed by atoms with Gasteiger partial charge < -0.3 is 10.1 Å². The Bertz CT molecular complexity index is 358. The molecule has 0 amide bonds. The van der Waals surface area contributed by atoms with Gasteiger partial charge in [-0.15, -0.1) is 0 Å². The number of ether oxygens (including phenoxy) is 1. The molecule has 1 heterocycles. The Hall–Kier alpha value is -1.02. The Morgan fingerprint density at radius 2 is 2.07 bits per heavy atom. The van der Waals surface area contributed by atoms with Crippen LogP contribution in [0.2, 0.25) is 0 Å². The summed E-state index contributed by atoms with van der Waals surface area (Å²) in [5.41, 5.74) is 3.16. The SMILES string of the molecule is COc1ccc2c(c1)CC(C)(C)CNC2. The van der Waals surface area contributed by atoms with Gasteiger partial charge in [0.2, 0.25) is 0 Å². The third-order valence-corrected chi connectivity index (χ3v) is 3.00. The number of fused-ring (bicyclic) bond motifs is 1. The summed E-state index contributed by atoms with van der Waals surface area (Å²) in [6.07, 6.45) is 1.12. The Kier molecular flexibility index (Phi) is 2.70. The molecule has 0 bridgehead atoms. The van der Waals surface area contributed by atoms with Crippen LogP contribution in [-0.4, -0.2) is 13.7 Å². The first-order valence-corrected chi connectivity index (χ1v) is 5.47. The lowest BCUT2D eigenvalue weighted by Crippen LogP contribution is -2.27. The first-order chi connectivity index (χ1) is 7.11. The van der Waals surface area contributed by atoms with Crippen LogP contribution >= 0.6 is 0 Å². The van der Waals surface area contributed by atoms with E-state index in [0.717, 1.165) is 25.3 Å². The lowest BCUT2D eigenvalue weighted by Gasteiger charge is -2.22. The molecule has 82 valence electrons. The second-order valence-corrected chi connectivity index (χ2v) is 5.08. The fourth-order valence-electron chi connectivity index (χ4n) is 2.18. The highest BCUT2D eigenvalue weighted by atomic mass is 16.5. The van der Waals surface area contributed by atoms with Crippen molar-refractivity contribution in [1.29, 1.82) is 0 Å². The first-order valence-electron chi connectivity index (χ1n) is 5.47. The lowest BCUT2D eigenvalue weighted by atomic mass is 9.85. The molecule has 0 unspecified atom stereocenters. The van der Waals surface area contributed by atoms with E-state index in [2.05, 4.69) is 31.3 Å². The summed E-state index contributed by atoms with van der Waals surface area (Å²) in [5.74, 6) is 0.964. The van der Waals surface area contributed by atoms with Gasteiger partial charge in [-0.1, -0.05) is 19.9 Å². The Labute approximate surface area is 91.6 Å². The molecule has 1 aliphatic rings. The monoisotopic (exact) mass is 205 g/mol. The maximum Gasteiger partial charge on any atom is 0.119 e. The highest BCUT2D eigenvalue weighted by molar-refractivity contribution is 5.37. The highest BCUT2D eigenvalue weighted by Gasteiger charge is 2.23. The molecule has 2 heteroatoms. The predicted molar refractivity (Wildman–Crippen MR) is 62.2 cm³/mol. The van der Waals surface area contributed by atoms with Crippen LogP contribution < -0.4 is 10.1 Å². The summed E-state index contributed by atoms with van der Waals surface area (Å²) < 4.78 is 5.27. The topological polar surface area (TPSA) is 21.3 Å². The Morgan fingerprint density at radius 1 is 1.27 bits per heavy atom. The standard InChI is InChI=1S/C13H19NO/c1-13(2)7-11-6-12(15-3)5-4-10(11)8-14-9-13/h4-6,14H,7-9H2,1-3H3. The number of methoxy groups -OCH3 is 1.